The maximum atomic E-state index is 11.6. The average molecular weight is 251 g/mol. The van der Waals surface area contributed by atoms with Crippen LogP contribution in [0.4, 0.5) is 0 Å². The minimum absolute atomic E-state index is 0.00663. The van der Waals surface area contributed by atoms with Gasteiger partial charge in [0.15, 0.2) is 0 Å². The first kappa shape index (κ1) is 14.9. The summed E-state index contributed by atoms with van der Waals surface area (Å²) in [6.07, 6.45) is 6.20. The SMILES string of the molecule is CCCNC(C)CCCCn1ncc(C)cc1=O. The lowest BCUT2D eigenvalue weighted by molar-refractivity contribution is 0.460. The van der Waals surface area contributed by atoms with Gasteiger partial charge in [-0.1, -0.05) is 13.3 Å². The number of nitrogens with zero attached hydrogens (tertiary/aromatic N) is 2. The van der Waals surface area contributed by atoms with Crippen LogP contribution in [-0.2, 0) is 6.54 Å². The Balaban J connectivity index is 2.23. The molecule has 0 aliphatic heterocycles. The van der Waals surface area contributed by atoms with Gasteiger partial charge in [0.1, 0.15) is 0 Å². The van der Waals surface area contributed by atoms with Gasteiger partial charge in [0.2, 0.25) is 0 Å². The third-order valence-corrected chi connectivity index (χ3v) is 3.01. The zero-order valence-corrected chi connectivity index (χ0v) is 11.8. The molecule has 0 bridgehead atoms. The van der Waals surface area contributed by atoms with E-state index in [4.69, 9.17) is 0 Å². The molecule has 0 spiro atoms. The van der Waals surface area contributed by atoms with Crippen LogP contribution >= 0.6 is 0 Å². The fraction of sp³-hybridized carbons (Fsp3) is 0.714. The molecule has 18 heavy (non-hydrogen) atoms. The molecule has 0 aromatic carbocycles. The number of hydrogen-bond acceptors (Lipinski definition) is 3. The van der Waals surface area contributed by atoms with Crippen LogP contribution in [0.5, 0.6) is 0 Å². The molecule has 1 atom stereocenters. The van der Waals surface area contributed by atoms with Crippen molar-refractivity contribution >= 4 is 0 Å². The van der Waals surface area contributed by atoms with E-state index in [0.717, 1.165) is 37.9 Å². The van der Waals surface area contributed by atoms with Crippen molar-refractivity contribution in [1.29, 1.82) is 0 Å². The van der Waals surface area contributed by atoms with Crippen LogP contribution in [0.1, 0.15) is 45.1 Å². The number of aryl methyl sites for hydroxylation is 2. The first-order chi connectivity index (χ1) is 8.63. The average Bonchev–Trinajstić information content (AvgIpc) is 2.34. The van der Waals surface area contributed by atoms with Crippen LogP contribution in [0.25, 0.3) is 0 Å². The van der Waals surface area contributed by atoms with E-state index in [0.29, 0.717) is 6.04 Å². The van der Waals surface area contributed by atoms with E-state index in [1.165, 1.54) is 6.42 Å². The molecule has 4 nitrogen and oxygen atoms in total. The minimum atomic E-state index is 0.00663. The predicted octanol–water partition coefficient (Wildman–Crippen LogP) is 2.11. The molecule has 0 aliphatic carbocycles. The fourth-order valence-electron chi connectivity index (χ4n) is 1.90. The van der Waals surface area contributed by atoms with E-state index in [2.05, 4.69) is 24.3 Å². The molecule has 0 radical (unpaired) electrons. The molecule has 1 unspecified atom stereocenters. The monoisotopic (exact) mass is 251 g/mol. The highest BCUT2D eigenvalue weighted by molar-refractivity contribution is 5.02. The van der Waals surface area contributed by atoms with Crippen molar-refractivity contribution in [2.24, 2.45) is 0 Å². The van der Waals surface area contributed by atoms with Crippen molar-refractivity contribution in [2.45, 2.75) is 59.0 Å². The van der Waals surface area contributed by atoms with Crippen molar-refractivity contribution in [2.75, 3.05) is 6.54 Å². The molecule has 0 amide bonds. The molecule has 0 saturated heterocycles. The van der Waals surface area contributed by atoms with E-state index in [9.17, 15) is 4.79 Å². The van der Waals surface area contributed by atoms with E-state index in [1.54, 1.807) is 16.9 Å². The van der Waals surface area contributed by atoms with Gasteiger partial charge >= 0.3 is 0 Å². The van der Waals surface area contributed by atoms with Crippen LogP contribution in [0.15, 0.2) is 17.1 Å². The lowest BCUT2D eigenvalue weighted by Crippen LogP contribution is -2.27. The Morgan fingerprint density at radius 1 is 1.44 bits per heavy atom. The Morgan fingerprint density at radius 2 is 2.22 bits per heavy atom. The molecule has 1 aromatic rings. The summed E-state index contributed by atoms with van der Waals surface area (Å²) in [5.41, 5.74) is 0.931. The molecule has 0 aliphatic rings. The molecule has 4 heteroatoms. The highest BCUT2D eigenvalue weighted by Crippen LogP contribution is 2.01. The Bertz CT molecular complexity index is 400. The molecule has 102 valence electrons. The van der Waals surface area contributed by atoms with Gasteiger partial charge in [-0.25, -0.2) is 4.68 Å². The summed E-state index contributed by atoms with van der Waals surface area (Å²) >= 11 is 0. The van der Waals surface area contributed by atoms with Crippen LogP contribution in [0.2, 0.25) is 0 Å². The number of unbranched alkanes of at least 4 members (excludes halogenated alkanes) is 1. The molecular formula is C14H25N3O. The summed E-state index contributed by atoms with van der Waals surface area (Å²) in [5, 5.41) is 7.60. The van der Waals surface area contributed by atoms with E-state index >= 15 is 0 Å². The van der Waals surface area contributed by atoms with Gasteiger partial charge in [-0.3, -0.25) is 4.79 Å². The van der Waals surface area contributed by atoms with Gasteiger partial charge in [-0.05, 0) is 45.2 Å². The van der Waals surface area contributed by atoms with E-state index in [-0.39, 0.29) is 5.56 Å². The molecule has 0 fully saturated rings. The quantitative estimate of drug-likeness (QED) is 0.720. The summed E-state index contributed by atoms with van der Waals surface area (Å²) in [6.45, 7) is 8.08. The highest BCUT2D eigenvalue weighted by atomic mass is 16.1. The summed E-state index contributed by atoms with van der Waals surface area (Å²) in [6, 6.07) is 2.20. The van der Waals surface area contributed by atoms with Crippen molar-refractivity contribution in [3.05, 3.63) is 28.2 Å². The van der Waals surface area contributed by atoms with Crippen LogP contribution in [0, 0.1) is 6.92 Å². The molecule has 1 heterocycles. The summed E-state index contributed by atoms with van der Waals surface area (Å²) in [5.74, 6) is 0. The lowest BCUT2D eigenvalue weighted by atomic mass is 10.1. The van der Waals surface area contributed by atoms with E-state index < -0.39 is 0 Å². The molecule has 1 N–H and O–H groups in total. The van der Waals surface area contributed by atoms with Gasteiger partial charge in [-0.2, -0.15) is 5.10 Å². The third-order valence-electron chi connectivity index (χ3n) is 3.01. The molecule has 1 rings (SSSR count). The second-order valence-electron chi connectivity index (χ2n) is 4.95. The highest BCUT2D eigenvalue weighted by Gasteiger charge is 2.01. The summed E-state index contributed by atoms with van der Waals surface area (Å²) in [4.78, 5) is 11.6. The van der Waals surface area contributed by atoms with Crippen LogP contribution in [-0.4, -0.2) is 22.4 Å². The van der Waals surface area contributed by atoms with Crippen LogP contribution < -0.4 is 10.9 Å². The van der Waals surface area contributed by atoms with Gasteiger partial charge in [0, 0.05) is 18.7 Å². The predicted molar refractivity (Wildman–Crippen MR) is 74.8 cm³/mol. The Kier molecular flexibility index (Phi) is 6.65. The Labute approximate surface area is 109 Å². The molecule has 1 aromatic heterocycles. The lowest BCUT2D eigenvalue weighted by Gasteiger charge is -2.12. The maximum absolute atomic E-state index is 11.6. The fourth-order valence-corrected chi connectivity index (χ4v) is 1.90. The Hall–Kier alpha value is -1.16. The molecular weight excluding hydrogens is 226 g/mol. The number of aromatic nitrogens is 2. The van der Waals surface area contributed by atoms with Crippen molar-refractivity contribution in [3.63, 3.8) is 0 Å². The second-order valence-corrected chi connectivity index (χ2v) is 4.95. The van der Waals surface area contributed by atoms with Crippen LogP contribution in [0.3, 0.4) is 0 Å². The first-order valence-corrected chi connectivity index (χ1v) is 6.90. The van der Waals surface area contributed by atoms with Gasteiger partial charge in [0.25, 0.3) is 5.56 Å². The van der Waals surface area contributed by atoms with Gasteiger partial charge in [0.05, 0.1) is 6.20 Å². The normalized spacial score (nSPS) is 12.6. The van der Waals surface area contributed by atoms with E-state index in [1.807, 2.05) is 6.92 Å². The minimum Gasteiger partial charge on any atom is -0.314 e. The second kappa shape index (κ2) is 8.03. The summed E-state index contributed by atoms with van der Waals surface area (Å²) < 4.78 is 1.55. The maximum Gasteiger partial charge on any atom is 0.266 e. The van der Waals surface area contributed by atoms with Crippen molar-refractivity contribution < 1.29 is 0 Å². The zero-order chi connectivity index (χ0) is 13.4. The van der Waals surface area contributed by atoms with Crippen molar-refractivity contribution in [3.8, 4) is 0 Å². The number of hydrogen-bond donors (Lipinski definition) is 1. The third kappa shape index (κ3) is 5.45. The largest absolute Gasteiger partial charge is 0.314 e. The van der Waals surface area contributed by atoms with Gasteiger partial charge < -0.3 is 5.32 Å². The first-order valence-electron chi connectivity index (χ1n) is 6.90. The zero-order valence-electron chi connectivity index (χ0n) is 11.8. The standard InChI is InChI=1S/C14H25N3O/c1-4-8-15-13(3)7-5-6-9-17-14(18)10-12(2)11-16-17/h10-11,13,15H,4-9H2,1-3H3. The van der Waals surface area contributed by atoms with Crippen molar-refractivity contribution in [1.82, 2.24) is 15.1 Å². The number of rotatable bonds is 8. The molecule has 0 saturated carbocycles. The number of nitrogens with one attached hydrogen (secondary N) is 1. The topological polar surface area (TPSA) is 46.9 Å². The smallest absolute Gasteiger partial charge is 0.266 e. The Morgan fingerprint density at radius 3 is 2.89 bits per heavy atom. The summed E-state index contributed by atoms with van der Waals surface area (Å²) in [7, 11) is 0. The van der Waals surface area contributed by atoms with Gasteiger partial charge in [-0.15, -0.1) is 0 Å².